The van der Waals surface area contributed by atoms with E-state index in [0.717, 1.165) is 19.3 Å². The van der Waals surface area contributed by atoms with Crippen molar-refractivity contribution in [2.45, 2.75) is 43.0 Å². The van der Waals surface area contributed by atoms with Crippen molar-refractivity contribution in [1.29, 1.82) is 0 Å². The van der Waals surface area contributed by atoms with E-state index in [1.165, 1.54) is 18.4 Å². The Morgan fingerprint density at radius 1 is 1.11 bits per heavy atom. The SMILES string of the molecule is COc1cccc(C(=O)N2CC[C@@]3(Cl)CCCC[C@@H]3[C@@H]2c2ccccc2)c1. The second-order valence-electron chi connectivity index (χ2n) is 7.72. The van der Waals surface area contributed by atoms with E-state index in [-0.39, 0.29) is 16.8 Å². The molecule has 2 aliphatic rings. The van der Waals surface area contributed by atoms with Gasteiger partial charge >= 0.3 is 0 Å². The van der Waals surface area contributed by atoms with E-state index in [0.29, 0.717) is 23.8 Å². The number of benzene rings is 2. The maximum Gasteiger partial charge on any atom is 0.254 e. The first kappa shape index (κ1) is 18.4. The number of hydrogen-bond acceptors (Lipinski definition) is 2. The first-order valence-electron chi connectivity index (χ1n) is 9.81. The summed E-state index contributed by atoms with van der Waals surface area (Å²) in [5.74, 6) is 1.06. The lowest BCUT2D eigenvalue weighted by atomic mass is 9.68. The predicted molar refractivity (Wildman–Crippen MR) is 108 cm³/mol. The van der Waals surface area contributed by atoms with Gasteiger partial charge in [-0.1, -0.05) is 49.2 Å². The van der Waals surface area contributed by atoms with Gasteiger partial charge in [-0.15, -0.1) is 11.6 Å². The third-order valence-electron chi connectivity index (χ3n) is 6.23. The van der Waals surface area contributed by atoms with Crippen LogP contribution >= 0.6 is 11.6 Å². The third-order valence-corrected chi connectivity index (χ3v) is 6.88. The zero-order chi connectivity index (χ0) is 18.9. The smallest absolute Gasteiger partial charge is 0.254 e. The lowest BCUT2D eigenvalue weighted by molar-refractivity contribution is 0.0279. The van der Waals surface area contributed by atoms with Gasteiger partial charge in [0.05, 0.1) is 18.0 Å². The molecule has 1 saturated heterocycles. The van der Waals surface area contributed by atoms with Gasteiger partial charge in [-0.25, -0.2) is 0 Å². The molecule has 0 N–H and O–H groups in total. The molecule has 142 valence electrons. The summed E-state index contributed by atoms with van der Waals surface area (Å²) >= 11 is 7.13. The Bertz CT molecular complexity index is 809. The van der Waals surface area contributed by atoms with E-state index in [1.807, 2.05) is 35.2 Å². The molecule has 1 saturated carbocycles. The molecule has 0 unspecified atom stereocenters. The van der Waals surface area contributed by atoms with Crippen molar-refractivity contribution >= 4 is 17.5 Å². The van der Waals surface area contributed by atoms with E-state index in [4.69, 9.17) is 16.3 Å². The average molecular weight is 384 g/mol. The number of hydrogen-bond donors (Lipinski definition) is 0. The van der Waals surface area contributed by atoms with Gasteiger partial charge in [0.15, 0.2) is 0 Å². The van der Waals surface area contributed by atoms with Crippen molar-refractivity contribution in [3.8, 4) is 5.75 Å². The Balaban J connectivity index is 1.73. The van der Waals surface area contributed by atoms with Crippen LogP contribution in [0.25, 0.3) is 0 Å². The number of carbonyl (C=O) groups excluding carboxylic acids is 1. The zero-order valence-electron chi connectivity index (χ0n) is 15.7. The van der Waals surface area contributed by atoms with Gasteiger partial charge in [0.2, 0.25) is 0 Å². The Morgan fingerprint density at radius 3 is 2.70 bits per heavy atom. The highest BCUT2D eigenvalue weighted by molar-refractivity contribution is 6.24. The van der Waals surface area contributed by atoms with Crippen LogP contribution in [0, 0.1) is 5.92 Å². The molecule has 0 bridgehead atoms. The number of alkyl halides is 1. The highest BCUT2D eigenvalue weighted by Gasteiger charge is 2.50. The largest absolute Gasteiger partial charge is 0.497 e. The molecule has 4 heteroatoms. The minimum absolute atomic E-state index is 0.0245. The number of ether oxygens (including phenoxy) is 1. The lowest BCUT2D eigenvalue weighted by Crippen LogP contribution is -2.53. The Hall–Kier alpha value is -2.00. The minimum atomic E-state index is -0.191. The first-order valence-corrected chi connectivity index (χ1v) is 10.2. The number of amides is 1. The highest BCUT2D eigenvalue weighted by Crippen LogP contribution is 2.52. The summed E-state index contributed by atoms with van der Waals surface area (Å²) in [7, 11) is 1.63. The maximum atomic E-state index is 13.5. The van der Waals surface area contributed by atoms with Crippen LogP contribution in [0.2, 0.25) is 0 Å². The van der Waals surface area contributed by atoms with Crippen molar-refractivity contribution in [3.05, 3.63) is 65.7 Å². The van der Waals surface area contributed by atoms with Crippen molar-refractivity contribution < 1.29 is 9.53 Å². The summed E-state index contributed by atoms with van der Waals surface area (Å²) in [6, 6.07) is 17.9. The molecule has 0 radical (unpaired) electrons. The summed E-state index contributed by atoms with van der Waals surface area (Å²) in [5.41, 5.74) is 1.86. The number of piperidine rings is 1. The van der Waals surface area contributed by atoms with Crippen LogP contribution in [-0.4, -0.2) is 29.3 Å². The number of carbonyl (C=O) groups is 1. The Labute approximate surface area is 166 Å². The monoisotopic (exact) mass is 383 g/mol. The molecular formula is C23H26ClNO2. The maximum absolute atomic E-state index is 13.5. The normalized spacial score (nSPS) is 27.7. The molecule has 0 spiro atoms. The molecule has 1 heterocycles. The highest BCUT2D eigenvalue weighted by atomic mass is 35.5. The van der Waals surface area contributed by atoms with Crippen LogP contribution in [0.15, 0.2) is 54.6 Å². The van der Waals surface area contributed by atoms with E-state index in [1.54, 1.807) is 7.11 Å². The van der Waals surface area contributed by atoms with Crippen LogP contribution in [0.4, 0.5) is 0 Å². The molecule has 4 rings (SSSR count). The van der Waals surface area contributed by atoms with Crippen molar-refractivity contribution in [1.82, 2.24) is 4.90 Å². The quantitative estimate of drug-likeness (QED) is 0.659. The Kier molecular flexibility index (Phi) is 5.14. The number of nitrogens with zero attached hydrogens (tertiary/aromatic N) is 1. The summed E-state index contributed by atoms with van der Waals surface area (Å²) < 4.78 is 5.31. The van der Waals surface area contributed by atoms with Crippen molar-refractivity contribution in [2.24, 2.45) is 5.92 Å². The van der Waals surface area contributed by atoms with Crippen LogP contribution in [0.1, 0.15) is 54.1 Å². The zero-order valence-corrected chi connectivity index (χ0v) is 16.5. The average Bonchev–Trinajstić information content (AvgIpc) is 2.72. The molecule has 27 heavy (non-hydrogen) atoms. The fourth-order valence-electron chi connectivity index (χ4n) is 4.85. The van der Waals surface area contributed by atoms with Gasteiger partial charge in [-0.2, -0.15) is 0 Å². The lowest BCUT2D eigenvalue weighted by Gasteiger charge is -2.52. The predicted octanol–water partition coefficient (Wildman–Crippen LogP) is 5.45. The number of rotatable bonds is 3. The van der Waals surface area contributed by atoms with Crippen LogP contribution < -0.4 is 4.74 Å². The molecule has 3 atom stereocenters. The molecular weight excluding hydrogens is 358 g/mol. The number of methoxy groups -OCH3 is 1. The van der Waals surface area contributed by atoms with Crippen LogP contribution in [-0.2, 0) is 0 Å². The number of halogens is 1. The van der Waals surface area contributed by atoms with Gasteiger partial charge in [0.1, 0.15) is 5.75 Å². The molecule has 2 fully saturated rings. The van der Waals surface area contributed by atoms with Crippen LogP contribution in [0.5, 0.6) is 5.75 Å². The molecule has 2 aromatic carbocycles. The third kappa shape index (κ3) is 3.45. The molecule has 2 aromatic rings. The second kappa shape index (κ2) is 7.55. The van der Waals surface area contributed by atoms with Gasteiger partial charge in [0.25, 0.3) is 5.91 Å². The molecule has 1 aliphatic carbocycles. The van der Waals surface area contributed by atoms with Crippen LogP contribution in [0.3, 0.4) is 0 Å². The van der Waals surface area contributed by atoms with Gasteiger partial charge < -0.3 is 9.64 Å². The molecule has 0 aromatic heterocycles. The summed E-state index contributed by atoms with van der Waals surface area (Å²) in [4.78, 5) is 15.3. The second-order valence-corrected chi connectivity index (χ2v) is 8.48. The summed E-state index contributed by atoms with van der Waals surface area (Å²) in [6.45, 7) is 0.690. The molecule has 3 nitrogen and oxygen atoms in total. The van der Waals surface area contributed by atoms with E-state index >= 15 is 0 Å². The standard InChI is InChI=1S/C23H26ClNO2/c1-27-19-11-7-10-18(16-19)22(26)25-15-14-23(24)13-6-5-12-20(23)21(25)17-8-3-2-4-9-17/h2-4,7-11,16,20-21H,5-6,12-15H2,1H3/t20-,21+,23+/m1/s1. The van der Waals surface area contributed by atoms with Crippen molar-refractivity contribution in [3.63, 3.8) is 0 Å². The van der Waals surface area contributed by atoms with Gasteiger partial charge in [-0.3, -0.25) is 4.79 Å². The topological polar surface area (TPSA) is 29.5 Å². The molecule has 1 aliphatic heterocycles. The van der Waals surface area contributed by atoms with E-state index < -0.39 is 0 Å². The van der Waals surface area contributed by atoms with E-state index in [9.17, 15) is 4.79 Å². The summed E-state index contributed by atoms with van der Waals surface area (Å²) in [5, 5.41) is 0. The first-order chi connectivity index (χ1) is 13.1. The number of likely N-dealkylation sites (tertiary alicyclic amines) is 1. The van der Waals surface area contributed by atoms with Crippen molar-refractivity contribution in [2.75, 3.05) is 13.7 Å². The van der Waals surface area contributed by atoms with E-state index in [2.05, 4.69) is 24.3 Å². The minimum Gasteiger partial charge on any atom is -0.497 e. The fraction of sp³-hybridized carbons (Fsp3) is 0.435. The summed E-state index contributed by atoms with van der Waals surface area (Å²) in [6.07, 6.45) is 5.35. The van der Waals surface area contributed by atoms with Gasteiger partial charge in [0, 0.05) is 18.0 Å². The fourth-order valence-corrected chi connectivity index (χ4v) is 5.30. The number of fused-ring (bicyclic) bond motifs is 1. The van der Waals surface area contributed by atoms with Gasteiger partial charge in [-0.05, 0) is 43.0 Å². The Morgan fingerprint density at radius 2 is 1.93 bits per heavy atom. The molecule has 1 amide bonds.